The minimum Gasteiger partial charge on any atom is -0.441 e. The summed E-state index contributed by atoms with van der Waals surface area (Å²) in [7, 11) is 0. The van der Waals surface area contributed by atoms with Crippen LogP contribution in [-0.2, 0) is 13.1 Å². The van der Waals surface area contributed by atoms with Crippen LogP contribution < -0.4 is 5.32 Å². The fourth-order valence-corrected chi connectivity index (χ4v) is 7.54. The highest BCUT2D eigenvalue weighted by molar-refractivity contribution is 5.65. The van der Waals surface area contributed by atoms with E-state index in [-0.39, 0.29) is 0 Å². The van der Waals surface area contributed by atoms with Crippen molar-refractivity contribution in [2.45, 2.75) is 67.0 Å². The molecule has 0 radical (unpaired) electrons. The molecule has 0 unspecified atom stereocenters. The lowest BCUT2D eigenvalue weighted by Gasteiger charge is -2.59. The molecule has 4 aromatic heterocycles. The van der Waals surface area contributed by atoms with Crippen LogP contribution in [0.15, 0.2) is 106 Å². The zero-order chi connectivity index (χ0) is 34.0. The molecule has 0 saturated heterocycles. The van der Waals surface area contributed by atoms with Crippen molar-refractivity contribution in [1.82, 2.24) is 25.3 Å². The molecule has 7 nitrogen and oxygen atoms in total. The highest BCUT2D eigenvalue weighted by atomic mass is 16.4. The zero-order valence-corrected chi connectivity index (χ0v) is 29.1. The topological polar surface area (TPSA) is 89.9 Å². The molecule has 0 aliphatic heterocycles. The summed E-state index contributed by atoms with van der Waals surface area (Å²) in [5.41, 5.74) is 8.26. The van der Waals surface area contributed by atoms with Gasteiger partial charge in [0.1, 0.15) is 11.5 Å². The second kappa shape index (κ2) is 13.9. The van der Waals surface area contributed by atoms with Gasteiger partial charge in [-0.2, -0.15) is 0 Å². The average molecular weight is 652 g/mol. The Kier molecular flexibility index (Phi) is 9.28. The summed E-state index contributed by atoms with van der Waals surface area (Å²) in [5, 5.41) is 3.43. The lowest BCUT2D eigenvalue weighted by molar-refractivity contribution is -0.0988. The van der Waals surface area contributed by atoms with Crippen molar-refractivity contribution < 1.29 is 8.83 Å². The van der Waals surface area contributed by atoms with Crippen LogP contribution in [-0.4, -0.2) is 19.9 Å². The minimum absolute atomic E-state index is 0.557. The lowest BCUT2D eigenvalue weighted by atomic mass is 9.46. The molecule has 2 bridgehead atoms. The molecule has 3 aliphatic rings. The van der Waals surface area contributed by atoms with E-state index >= 15 is 0 Å². The van der Waals surface area contributed by atoms with Gasteiger partial charge in [0, 0.05) is 47.7 Å². The molecule has 49 heavy (non-hydrogen) atoms. The summed E-state index contributed by atoms with van der Waals surface area (Å²) in [6.45, 7) is 12.3. The second-order valence-electron chi connectivity index (χ2n) is 14.1. The largest absolute Gasteiger partial charge is 0.441 e. The molecule has 6 aromatic rings. The molecule has 250 valence electrons. The van der Waals surface area contributed by atoms with E-state index in [0.717, 1.165) is 74.3 Å². The maximum atomic E-state index is 5.97. The number of nitrogens with zero attached hydrogens (tertiary/aromatic N) is 4. The maximum absolute atomic E-state index is 5.97. The van der Waals surface area contributed by atoms with Crippen molar-refractivity contribution in [2.75, 3.05) is 0 Å². The molecule has 0 amide bonds. The molecular formula is C42H45N5O2. The van der Waals surface area contributed by atoms with Crippen molar-refractivity contribution in [3.63, 3.8) is 0 Å². The van der Waals surface area contributed by atoms with Crippen LogP contribution in [0.1, 0.15) is 62.9 Å². The third kappa shape index (κ3) is 6.99. The predicted octanol–water partition coefficient (Wildman–Crippen LogP) is 10.1. The fourth-order valence-electron chi connectivity index (χ4n) is 7.54. The van der Waals surface area contributed by atoms with Gasteiger partial charge < -0.3 is 14.2 Å². The maximum Gasteiger partial charge on any atom is 0.226 e. The summed E-state index contributed by atoms with van der Waals surface area (Å²) in [5.74, 6) is 5.94. The van der Waals surface area contributed by atoms with Crippen LogP contribution in [0.25, 0.3) is 45.4 Å². The average Bonchev–Trinajstić information content (AvgIpc) is 3.70. The van der Waals surface area contributed by atoms with E-state index in [2.05, 4.69) is 36.1 Å². The number of oxazole rings is 2. The molecule has 3 saturated carbocycles. The van der Waals surface area contributed by atoms with Gasteiger partial charge in [-0.1, -0.05) is 63.6 Å². The van der Waals surface area contributed by atoms with Gasteiger partial charge in [0.2, 0.25) is 11.8 Å². The van der Waals surface area contributed by atoms with Gasteiger partial charge in [0.05, 0.1) is 22.8 Å². The number of fused-ring (bicyclic) bond motifs is 2. The van der Waals surface area contributed by atoms with Crippen molar-refractivity contribution in [3.8, 4) is 45.4 Å². The number of benzene rings is 2. The monoisotopic (exact) mass is 651 g/mol. The Morgan fingerprint density at radius 2 is 1.12 bits per heavy atom. The first-order valence-electron chi connectivity index (χ1n) is 17.4. The Morgan fingerprint density at radius 3 is 1.49 bits per heavy atom. The van der Waals surface area contributed by atoms with E-state index in [9.17, 15) is 0 Å². The van der Waals surface area contributed by atoms with Gasteiger partial charge >= 0.3 is 0 Å². The molecule has 1 N–H and O–H groups in total. The predicted molar refractivity (Wildman–Crippen MR) is 194 cm³/mol. The second-order valence-corrected chi connectivity index (χ2v) is 14.1. The summed E-state index contributed by atoms with van der Waals surface area (Å²) in [6, 6.07) is 27.9. The van der Waals surface area contributed by atoms with E-state index in [1.165, 1.54) is 19.3 Å². The highest BCUT2D eigenvalue weighted by Gasteiger charge is 2.52. The number of pyridine rings is 2. The molecule has 4 heterocycles. The first-order valence-corrected chi connectivity index (χ1v) is 17.4. The number of aryl methyl sites for hydroxylation is 2. The van der Waals surface area contributed by atoms with E-state index in [0.29, 0.717) is 30.3 Å². The van der Waals surface area contributed by atoms with Crippen molar-refractivity contribution in [2.24, 2.45) is 23.2 Å². The molecule has 0 spiro atoms. The van der Waals surface area contributed by atoms with E-state index in [1.54, 1.807) is 12.4 Å². The fraction of sp³-hybridized carbons (Fsp3) is 0.333. The molecule has 3 fully saturated rings. The molecule has 3 aliphatic carbocycles. The van der Waals surface area contributed by atoms with Crippen molar-refractivity contribution in [1.29, 1.82) is 0 Å². The van der Waals surface area contributed by atoms with Crippen LogP contribution in [0, 0.1) is 37.0 Å². The molecule has 2 aromatic carbocycles. The van der Waals surface area contributed by atoms with E-state index in [1.807, 2.05) is 98.8 Å². The van der Waals surface area contributed by atoms with Crippen LogP contribution in [0.3, 0.4) is 0 Å². The number of aromatic nitrogens is 4. The van der Waals surface area contributed by atoms with Crippen LogP contribution in [0.5, 0.6) is 0 Å². The number of nitrogens with one attached hydrogen (secondary N) is 1. The number of rotatable bonds is 8. The molecule has 9 rings (SSSR count). The van der Waals surface area contributed by atoms with Gasteiger partial charge in [-0.3, -0.25) is 9.97 Å². The smallest absolute Gasteiger partial charge is 0.226 e. The van der Waals surface area contributed by atoms with Gasteiger partial charge in [-0.05, 0) is 98.4 Å². The number of hydrogen-bond donors (Lipinski definition) is 1. The van der Waals surface area contributed by atoms with Crippen molar-refractivity contribution in [3.05, 3.63) is 120 Å². The van der Waals surface area contributed by atoms with Gasteiger partial charge in [-0.15, -0.1) is 0 Å². The Balaban J connectivity index is 0.000000322. The summed E-state index contributed by atoms with van der Waals surface area (Å²) < 4.78 is 11.9. The lowest BCUT2D eigenvalue weighted by Crippen LogP contribution is -2.51. The van der Waals surface area contributed by atoms with Crippen LogP contribution >= 0.6 is 0 Å². The van der Waals surface area contributed by atoms with Crippen LogP contribution in [0.4, 0.5) is 0 Å². The summed E-state index contributed by atoms with van der Waals surface area (Å²) in [6.07, 6.45) is 8.13. The third-order valence-corrected chi connectivity index (χ3v) is 10.8. The Bertz CT molecular complexity index is 1850. The number of hydrogen-bond acceptors (Lipinski definition) is 7. The molecule has 7 heteroatoms. The quantitative estimate of drug-likeness (QED) is 0.175. The minimum atomic E-state index is 0.557. The standard InChI is InChI=1S/C32H27N5O2.C10H18/c1-21-29(36-31(38-21)25-13-9-23(10-14-25)27-7-3-5-17-34-27)19-33-20-30-22(2)39-32(37-30)26-15-11-24(12-16-26)28-8-4-6-18-35-28;1-7-4-5-8-6-9(7)10(8,2)3/h3-18,33H,19-20H2,1-2H3;7-9H,4-6H2,1-3H3/t;7-,8+,9+/m.0/s1. The third-order valence-electron chi connectivity index (χ3n) is 10.8. The Labute approximate surface area is 289 Å². The first kappa shape index (κ1) is 32.7. The van der Waals surface area contributed by atoms with Gasteiger partial charge in [0.15, 0.2) is 0 Å². The SMILES string of the molecule is C[C@H]1CC[C@@H]2C[C@H]1C2(C)C.Cc1oc(-c2ccc(-c3ccccn3)cc2)nc1CNCc1nc(-c2ccc(-c3ccccn3)cc2)oc1C. The Hall–Kier alpha value is -4.88. The van der Waals surface area contributed by atoms with Gasteiger partial charge in [0.25, 0.3) is 0 Å². The molecule has 3 atom stereocenters. The summed E-state index contributed by atoms with van der Waals surface area (Å²) >= 11 is 0. The first-order chi connectivity index (χ1) is 23.8. The van der Waals surface area contributed by atoms with E-state index < -0.39 is 0 Å². The van der Waals surface area contributed by atoms with Crippen molar-refractivity contribution >= 4 is 0 Å². The van der Waals surface area contributed by atoms with Crippen LogP contribution in [0.2, 0.25) is 0 Å². The summed E-state index contributed by atoms with van der Waals surface area (Å²) in [4.78, 5) is 18.3. The van der Waals surface area contributed by atoms with E-state index in [4.69, 9.17) is 18.8 Å². The Morgan fingerprint density at radius 1 is 0.653 bits per heavy atom. The highest BCUT2D eigenvalue weighted by Crippen LogP contribution is 2.61. The van der Waals surface area contributed by atoms with Gasteiger partial charge in [-0.25, -0.2) is 9.97 Å². The molecular weight excluding hydrogens is 606 g/mol. The normalized spacial score (nSPS) is 19.1. The zero-order valence-electron chi connectivity index (χ0n) is 29.1.